The minimum atomic E-state index is -3.39. The summed E-state index contributed by atoms with van der Waals surface area (Å²) in [6.45, 7) is 3.42. The fraction of sp³-hybridized carbons (Fsp3) is 0.714. The summed E-state index contributed by atoms with van der Waals surface area (Å²) in [4.78, 5) is 0.357. The molecule has 1 aromatic rings. The molecular weight excluding hydrogens is 274 g/mol. The summed E-state index contributed by atoms with van der Waals surface area (Å²) in [5.41, 5.74) is 0.960. The molecule has 1 heterocycles. The normalized spacial score (nSPS) is 23.4. The quantitative estimate of drug-likeness (QED) is 0.836. The van der Waals surface area contributed by atoms with Crippen LogP contribution in [0.15, 0.2) is 17.2 Å². The molecule has 0 bridgehead atoms. The Morgan fingerprint density at radius 3 is 2.75 bits per heavy atom. The van der Waals surface area contributed by atoms with Gasteiger partial charge < -0.3 is 9.88 Å². The van der Waals surface area contributed by atoms with E-state index in [1.54, 1.807) is 12.3 Å². The molecular formula is C14H25N3O2S. The lowest BCUT2D eigenvalue weighted by atomic mass is 9.99. The van der Waals surface area contributed by atoms with Gasteiger partial charge >= 0.3 is 0 Å². The third-order valence-corrected chi connectivity index (χ3v) is 5.72. The van der Waals surface area contributed by atoms with Crippen molar-refractivity contribution >= 4 is 10.0 Å². The zero-order valence-corrected chi connectivity index (χ0v) is 13.3. The van der Waals surface area contributed by atoms with Gasteiger partial charge in [0.2, 0.25) is 10.0 Å². The Labute approximate surface area is 121 Å². The summed E-state index contributed by atoms with van der Waals surface area (Å²) in [5, 5.41) is 3.04. The lowest BCUT2D eigenvalue weighted by Gasteiger charge is -2.15. The number of sulfonamides is 1. The first-order chi connectivity index (χ1) is 9.44. The third kappa shape index (κ3) is 3.42. The Bertz CT molecular complexity index is 551. The van der Waals surface area contributed by atoms with E-state index >= 15 is 0 Å². The predicted molar refractivity (Wildman–Crippen MR) is 79.9 cm³/mol. The average molecular weight is 299 g/mol. The molecule has 1 aromatic heterocycles. The van der Waals surface area contributed by atoms with Crippen LogP contribution in [0.4, 0.5) is 0 Å². The van der Waals surface area contributed by atoms with E-state index in [-0.39, 0.29) is 0 Å². The van der Waals surface area contributed by atoms with Crippen LogP contribution in [0, 0.1) is 11.8 Å². The van der Waals surface area contributed by atoms with Crippen molar-refractivity contribution in [3.63, 3.8) is 0 Å². The van der Waals surface area contributed by atoms with E-state index in [2.05, 4.69) is 17.0 Å². The highest BCUT2D eigenvalue weighted by Gasteiger charge is 2.25. The van der Waals surface area contributed by atoms with Crippen molar-refractivity contribution in [3.05, 3.63) is 18.0 Å². The summed E-state index contributed by atoms with van der Waals surface area (Å²) in [6.07, 6.45) is 5.23. The minimum Gasteiger partial charge on any atom is -0.352 e. The number of rotatable bonds is 6. The molecule has 2 N–H and O–H groups in total. The van der Waals surface area contributed by atoms with Gasteiger partial charge in [-0.15, -0.1) is 0 Å². The summed E-state index contributed by atoms with van der Waals surface area (Å²) in [7, 11) is 0.324. The molecule has 0 aliphatic heterocycles. The standard InChI is InChI=1S/C14H25N3O2S/c1-11-5-4-6-12(11)8-16-20(18,19)14-7-13(9-15-2)17(3)10-14/h7,10-12,15-16H,4-6,8-9H2,1-3H3. The second-order valence-corrected chi connectivity index (χ2v) is 7.60. The predicted octanol–water partition coefficient (Wildman–Crippen LogP) is 1.46. The van der Waals surface area contributed by atoms with Crippen LogP contribution < -0.4 is 10.0 Å². The monoisotopic (exact) mass is 299 g/mol. The summed E-state index contributed by atoms with van der Waals surface area (Å²) >= 11 is 0. The molecule has 1 aliphatic carbocycles. The Kier molecular flexibility index (Phi) is 4.88. The summed E-state index contributed by atoms with van der Waals surface area (Å²) in [6, 6.07) is 1.73. The van der Waals surface area contributed by atoms with Crippen LogP contribution in [0.1, 0.15) is 31.9 Å². The number of nitrogens with zero attached hydrogens (tertiary/aromatic N) is 1. The van der Waals surface area contributed by atoms with E-state index in [1.807, 2.05) is 18.7 Å². The van der Waals surface area contributed by atoms with Crippen LogP contribution in [-0.4, -0.2) is 26.6 Å². The number of aryl methyl sites for hydroxylation is 1. The maximum absolute atomic E-state index is 12.3. The first-order valence-corrected chi connectivity index (χ1v) is 8.72. The lowest BCUT2D eigenvalue weighted by Crippen LogP contribution is -2.30. The molecule has 1 fully saturated rings. The van der Waals surface area contributed by atoms with Gasteiger partial charge in [-0.1, -0.05) is 19.8 Å². The van der Waals surface area contributed by atoms with Gasteiger partial charge in [0.1, 0.15) is 0 Å². The summed E-state index contributed by atoms with van der Waals surface area (Å²) in [5.74, 6) is 1.10. The molecule has 0 saturated heterocycles. The Balaban J connectivity index is 2.04. The summed E-state index contributed by atoms with van der Waals surface area (Å²) < 4.78 is 29.3. The number of aromatic nitrogens is 1. The number of nitrogens with one attached hydrogen (secondary N) is 2. The molecule has 114 valence electrons. The van der Waals surface area contributed by atoms with E-state index in [9.17, 15) is 8.42 Å². The van der Waals surface area contributed by atoms with Crippen molar-refractivity contribution < 1.29 is 8.42 Å². The van der Waals surface area contributed by atoms with E-state index < -0.39 is 10.0 Å². The Morgan fingerprint density at radius 1 is 1.40 bits per heavy atom. The van der Waals surface area contributed by atoms with Crippen LogP contribution in [-0.2, 0) is 23.6 Å². The molecule has 1 saturated carbocycles. The zero-order chi connectivity index (χ0) is 14.8. The van der Waals surface area contributed by atoms with Crippen molar-refractivity contribution in [1.82, 2.24) is 14.6 Å². The van der Waals surface area contributed by atoms with Crippen molar-refractivity contribution in [3.8, 4) is 0 Å². The van der Waals surface area contributed by atoms with Crippen LogP contribution in [0.2, 0.25) is 0 Å². The smallest absolute Gasteiger partial charge is 0.242 e. The van der Waals surface area contributed by atoms with Crippen molar-refractivity contribution in [1.29, 1.82) is 0 Å². The molecule has 5 nitrogen and oxygen atoms in total. The van der Waals surface area contributed by atoms with Gasteiger partial charge in [-0.3, -0.25) is 0 Å². The molecule has 2 atom stereocenters. The SMILES string of the molecule is CNCc1cc(S(=O)(=O)NCC2CCCC2C)cn1C. The molecule has 0 spiro atoms. The van der Waals surface area contributed by atoms with Crippen LogP contribution in [0.3, 0.4) is 0 Å². The minimum absolute atomic E-state index is 0.357. The van der Waals surface area contributed by atoms with Gasteiger partial charge in [0, 0.05) is 32.0 Å². The molecule has 0 aromatic carbocycles. The molecule has 1 aliphatic rings. The number of hydrogen-bond donors (Lipinski definition) is 2. The average Bonchev–Trinajstić information content (AvgIpc) is 2.95. The second kappa shape index (κ2) is 6.28. The van der Waals surface area contributed by atoms with Gasteiger partial charge in [-0.2, -0.15) is 0 Å². The van der Waals surface area contributed by atoms with E-state index in [0.717, 1.165) is 12.1 Å². The van der Waals surface area contributed by atoms with Gasteiger partial charge in [-0.25, -0.2) is 13.1 Å². The second-order valence-electron chi connectivity index (χ2n) is 5.83. The Hall–Kier alpha value is -0.850. The number of hydrogen-bond acceptors (Lipinski definition) is 3. The molecule has 20 heavy (non-hydrogen) atoms. The molecule has 6 heteroatoms. The van der Waals surface area contributed by atoms with Crippen LogP contribution in [0.5, 0.6) is 0 Å². The highest BCUT2D eigenvalue weighted by atomic mass is 32.2. The Morgan fingerprint density at radius 2 is 2.15 bits per heavy atom. The zero-order valence-electron chi connectivity index (χ0n) is 12.5. The van der Waals surface area contributed by atoms with Gasteiger partial charge in [0.15, 0.2) is 0 Å². The highest BCUT2D eigenvalue weighted by molar-refractivity contribution is 7.89. The maximum Gasteiger partial charge on any atom is 0.242 e. The third-order valence-electron chi connectivity index (χ3n) is 4.33. The van der Waals surface area contributed by atoms with Crippen molar-refractivity contribution in [2.45, 2.75) is 37.6 Å². The van der Waals surface area contributed by atoms with Crippen LogP contribution >= 0.6 is 0 Å². The largest absolute Gasteiger partial charge is 0.352 e. The first-order valence-electron chi connectivity index (χ1n) is 7.23. The lowest BCUT2D eigenvalue weighted by molar-refractivity contribution is 0.414. The van der Waals surface area contributed by atoms with Gasteiger partial charge in [0.05, 0.1) is 4.90 Å². The molecule has 2 rings (SSSR count). The van der Waals surface area contributed by atoms with E-state index in [0.29, 0.717) is 29.8 Å². The van der Waals surface area contributed by atoms with E-state index in [1.165, 1.54) is 12.8 Å². The van der Waals surface area contributed by atoms with Gasteiger partial charge in [0.25, 0.3) is 0 Å². The molecule has 2 unspecified atom stereocenters. The van der Waals surface area contributed by atoms with Crippen molar-refractivity contribution in [2.75, 3.05) is 13.6 Å². The fourth-order valence-corrected chi connectivity index (χ4v) is 4.09. The fourth-order valence-electron chi connectivity index (χ4n) is 2.91. The molecule has 0 radical (unpaired) electrons. The van der Waals surface area contributed by atoms with Crippen molar-refractivity contribution in [2.24, 2.45) is 18.9 Å². The first kappa shape index (κ1) is 15.5. The topological polar surface area (TPSA) is 63.1 Å². The van der Waals surface area contributed by atoms with Gasteiger partial charge in [-0.05, 0) is 31.4 Å². The van der Waals surface area contributed by atoms with E-state index in [4.69, 9.17) is 0 Å². The maximum atomic E-state index is 12.3. The van der Waals surface area contributed by atoms with Crippen LogP contribution in [0.25, 0.3) is 0 Å². The highest BCUT2D eigenvalue weighted by Crippen LogP contribution is 2.30. The molecule has 0 amide bonds.